The monoisotopic (exact) mass is 486 g/mol. The number of benzene rings is 2. The molecule has 0 bridgehead atoms. The molecule has 1 aliphatic rings. The molecule has 2 aromatic heterocycles. The summed E-state index contributed by atoms with van der Waals surface area (Å²) in [6.45, 7) is 0.927. The van der Waals surface area contributed by atoms with Gasteiger partial charge < -0.3 is 14.7 Å². The molecule has 0 radical (unpaired) electrons. The molecule has 0 aliphatic carbocycles. The van der Waals surface area contributed by atoms with Crippen LogP contribution in [0.25, 0.3) is 22.2 Å². The minimum absolute atomic E-state index is 0.0718. The average Bonchev–Trinajstić information content (AvgIpc) is 3.43. The normalized spacial score (nSPS) is 18.2. The Labute approximate surface area is 207 Å². The van der Waals surface area contributed by atoms with Gasteiger partial charge in [0, 0.05) is 36.2 Å². The van der Waals surface area contributed by atoms with Crippen LogP contribution in [0.2, 0.25) is 0 Å². The number of aliphatic imine (C=N–C) groups is 1. The minimum Gasteiger partial charge on any atom is -0.389 e. The molecule has 5 rings (SSSR count). The third-order valence-electron chi connectivity index (χ3n) is 6.36. The van der Waals surface area contributed by atoms with Gasteiger partial charge in [0.2, 0.25) is 0 Å². The van der Waals surface area contributed by atoms with Crippen molar-refractivity contribution in [3.05, 3.63) is 76.2 Å². The topological polar surface area (TPSA) is 87.9 Å². The molecular weight excluding hydrogens is 460 g/mol. The molecule has 0 spiro atoms. The van der Waals surface area contributed by atoms with Crippen LogP contribution in [0.5, 0.6) is 0 Å². The molecule has 7 nitrogen and oxygen atoms in total. The highest BCUT2D eigenvalue weighted by molar-refractivity contribution is 7.07. The summed E-state index contributed by atoms with van der Waals surface area (Å²) in [5.74, 6) is 0. The molecule has 1 N–H and O–H groups in total. The van der Waals surface area contributed by atoms with Crippen LogP contribution in [-0.4, -0.2) is 65.0 Å². The highest BCUT2D eigenvalue weighted by Crippen LogP contribution is 2.33. The predicted octanol–water partition coefficient (Wildman–Crippen LogP) is 4.50. The number of carbonyl (C=O) groups is 1. The van der Waals surface area contributed by atoms with Crippen LogP contribution < -0.4 is 0 Å². The van der Waals surface area contributed by atoms with Gasteiger partial charge in [-0.25, -0.2) is 9.98 Å². The van der Waals surface area contributed by atoms with Crippen molar-refractivity contribution in [2.24, 2.45) is 4.99 Å². The second kappa shape index (κ2) is 10.4. The zero-order chi connectivity index (χ0) is 24.2. The van der Waals surface area contributed by atoms with E-state index in [4.69, 9.17) is 9.73 Å². The number of aromatic nitrogens is 2. The second-order valence-electron chi connectivity index (χ2n) is 8.65. The number of aliphatic hydroxyl groups is 1. The van der Waals surface area contributed by atoms with E-state index in [2.05, 4.69) is 22.1 Å². The average molecular weight is 487 g/mol. The number of pyridine rings is 1. The maximum atomic E-state index is 12.1. The molecule has 1 aliphatic heterocycles. The van der Waals surface area contributed by atoms with E-state index in [9.17, 15) is 9.90 Å². The van der Waals surface area contributed by atoms with Crippen LogP contribution in [0.4, 0.5) is 5.69 Å². The molecule has 3 heterocycles. The molecule has 8 heteroatoms. The van der Waals surface area contributed by atoms with E-state index in [0.717, 1.165) is 46.0 Å². The number of fused-ring (bicyclic) bond motifs is 1. The van der Waals surface area contributed by atoms with E-state index in [1.54, 1.807) is 23.2 Å². The summed E-state index contributed by atoms with van der Waals surface area (Å²) in [5, 5.41) is 14.2. The van der Waals surface area contributed by atoms with Gasteiger partial charge in [0.25, 0.3) is 0 Å². The van der Waals surface area contributed by atoms with Gasteiger partial charge >= 0.3 is 0 Å². The van der Waals surface area contributed by atoms with Gasteiger partial charge in [-0.1, -0.05) is 30.3 Å². The molecule has 4 aromatic rings. The molecule has 1 fully saturated rings. The first-order valence-electron chi connectivity index (χ1n) is 11.5. The minimum atomic E-state index is -0.569. The third kappa shape index (κ3) is 5.00. The van der Waals surface area contributed by atoms with Crippen LogP contribution in [0, 0.1) is 0 Å². The SMILES string of the molecule is CN(C=Nc1c(C=O)cc(Cc2ccc(-c3cscn3)nc2)c2ccccc12)[C@H]1CCOC[C@@H]1O. The number of hydrogen-bond acceptors (Lipinski definition) is 7. The number of likely N-dealkylation sites (N-methyl/N-ethyl adjacent to an activating group) is 1. The molecule has 35 heavy (non-hydrogen) atoms. The van der Waals surface area contributed by atoms with Gasteiger partial charge in [0.15, 0.2) is 6.29 Å². The van der Waals surface area contributed by atoms with E-state index >= 15 is 0 Å². The summed E-state index contributed by atoms with van der Waals surface area (Å²) in [4.78, 5) is 27.6. The van der Waals surface area contributed by atoms with Crippen molar-refractivity contribution in [1.82, 2.24) is 14.9 Å². The molecule has 2 atom stereocenters. The summed E-state index contributed by atoms with van der Waals surface area (Å²) in [6.07, 6.45) is 5.22. The number of aliphatic hydroxyl groups excluding tert-OH is 1. The molecule has 178 valence electrons. The summed E-state index contributed by atoms with van der Waals surface area (Å²) in [5.41, 5.74) is 6.76. The Morgan fingerprint density at radius 1 is 1.20 bits per heavy atom. The maximum absolute atomic E-state index is 12.1. The first-order chi connectivity index (χ1) is 17.1. The van der Waals surface area contributed by atoms with Crippen molar-refractivity contribution < 1.29 is 14.6 Å². The number of ether oxygens (including phenoxy) is 1. The van der Waals surface area contributed by atoms with Crippen LogP contribution in [0.1, 0.15) is 27.9 Å². The standard InChI is InChI=1S/C27H26N4O3S/c1-31(25-8-9-34-14-26(25)33)16-29-27-20(13-32)11-19(21-4-2-3-5-22(21)27)10-18-6-7-23(28-12-18)24-15-35-17-30-24/h2-7,11-13,15-17,25-26,33H,8-10,14H2,1H3/t25-,26-/m0/s1. The van der Waals surface area contributed by atoms with E-state index in [0.29, 0.717) is 30.9 Å². The van der Waals surface area contributed by atoms with Crippen molar-refractivity contribution in [3.63, 3.8) is 0 Å². The van der Waals surface area contributed by atoms with Crippen LogP contribution in [0.15, 0.2) is 64.5 Å². The summed E-state index contributed by atoms with van der Waals surface area (Å²) >= 11 is 1.55. The number of nitrogens with zero attached hydrogens (tertiary/aromatic N) is 4. The lowest BCUT2D eigenvalue weighted by Crippen LogP contribution is -2.46. The lowest BCUT2D eigenvalue weighted by Gasteiger charge is -2.33. The Morgan fingerprint density at radius 3 is 2.77 bits per heavy atom. The zero-order valence-electron chi connectivity index (χ0n) is 19.4. The van der Waals surface area contributed by atoms with Crippen molar-refractivity contribution in [2.45, 2.75) is 25.0 Å². The van der Waals surface area contributed by atoms with Crippen molar-refractivity contribution in [3.8, 4) is 11.4 Å². The van der Waals surface area contributed by atoms with Gasteiger partial charge in [-0.2, -0.15) is 0 Å². The van der Waals surface area contributed by atoms with Crippen molar-refractivity contribution in [1.29, 1.82) is 0 Å². The van der Waals surface area contributed by atoms with Crippen LogP contribution in [0.3, 0.4) is 0 Å². The predicted molar refractivity (Wildman–Crippen MR) is 139 cm³/mol. The summed E-state index contributed by atoms with van der Waals surface area (Å²) in [6, 6.07) is 13.9. The van der Waals surface area contributed by atoms with Crippen molar-refractivity contribution >= 4 is 40.4 Å². The highest BCUT2D eigenvalue weighted by atomic mass is 32.1. The largest absolute Gasteiger partial charge is 0.389 e. The van der Waals surface area contributed by atoms with E-state index < -0.39 is 6.10 Å². The first kappa shape index (κ1) is 23.3. The van der Waals surface area contributed by atoms with Gasteiger partial charge in [-0.3, -0.25) is 9.78 Å². The smallest absolute Gasteiger partial charge is 0.152 e. The highest BCUT2D eigenvalue weighted by Gasteiger charge is 2.26. The Morgan fingerprint density at radius 2 is 2.06 bits per heavy atom. The quantitative estimate of drug-likeness (QED) is 0.235. The Bertz CT molecular complexity index is 1340. The molecule has 2 aromatic carbocycles. The van der Waals surface area contributed by atoms with Gasteiger partial charge in [0.05, 0.1) is 47.7 Å². The van der Waals surface area contributed by atoms with Gasteiger partial charge in [-0.05, 0) is 41.5 Å². The zero-order valence-corrected chi connectivity index (χ0v) is 20.2. The molecule has 0 unspecified atom stereocenters. The van der Waals surface area contributed by atoms with Crippen molar-refractivity contribution in [2.75, 3.05) is 20.3 Å². The summed E-state index contributed by atoms with van der Waals surface area (Å²) in [7, 11) is 1.89. The van der Waals surface area contributed by atoms with E-state index in [-0.39, 0.29) is 6.04 Å². The van der Waals surface area contributed by atoms with Crippen LogP contribution in [-0.2, 0) is 11.2 Å². The molecule has 1 saturated heterocycles. The van der Waals surface area contributed by atoms with Crippen LogP contribution >= 0.6 is 11.3 Å². The fraction of sp³-hybridized carbons (Fsp3) is 0.259. The van der Waals surface area contributed by atoms with Gasteiger partial charge in [-0.15, -0.1) is 11.3 Å². The van der Waals surface area contributed by atoms with E-state index in [1.165, 1.54) is 0 Å². The first-order valence-corrected chi connectivity index (χ1v) is 12.4. The molecular formula is C27H26N4O3S. The maximum Gasteiger partial charge on any atom is 0.152 e. The number of aldehydes is 1. The summed E-state index contributed by atoms with van der Waals surface area (Å²) < 4.78 is 5.33. The second-order valence-corrected chi connectivity index (χ2v) is 9.37. The number of rotatable bonds is 7. The number of thiazole rings is 1. The third-order valence-corrected chi connectivity index (χ3v) is 6.94. The number of hydrogen-bond donors (Lipinski definition) is 1. The lowest BCUT2D eigenvalue weighted by atomic mass is 9.95. The molecule has 0 amide bonds. The Kier molecular flexibility index (Phi) is 6.94. The lowest BCUT2D eigenvalue weighted by molar-refractivity contribution is -0.0442. The molecule has 0 saturated carbocycles. The fourth-order valence-electron chi connectivity index (χ4n) is 4.50. The van der Waals surface area contributed by atoms with E-state index in [1.807, 2.05) is 53.9 Å². The number of carbonyl (C=O) groups excluding carboxylic acids is 1. The fourth-order valence-corrected chi connectivity index (χ4v) is 5.05. The Balaban J connectivity index is 1.46. The van der Waals surface area contributed by atoms with Gasteiger partial charge in [0.1, 0.15) is 0 Å². The Hall–Kier alpha value is -3.46.